The zero-order valence-corrected chi connectivity index (χ0v) is 30.6. The zero-order valence-electron chi connectivity index (χ0n) is 30.6. The van der Waals surface area contributed by atoms with Gasteiger partial charge in [-0.15, -0.1) is 10.2 Å². The Bertz CT molecular complexity index is 2830. The third-order valence-electron chi connectivity index (χ3n) is 10.1. The molecule has 0 radical (unpaired) electrons. The Hall–Kier alpha value is -8.11. The number of para-hydroxylation sites is 1. The van der Waals surface area contributed by atoms with Crippen LogP contribution in [-0.4, -0.2) is 27.7 Å². The van der Waals surface area contributed by atoms with Gasteiger partial charge < -0.3 is 15.5 Å². The summed E-state index contributed by atoms with van der Waals surface area (Å²) in [7, 11) is 0. The number of azo groups is 2. The van der Waals surface area contributed by atoms with Gasteiger partial charge in [0.1, 0.15) is 11.4 Å². The molecule has 0 spiro atoms. The van der Waals surface area contributed by atoms with E-state index in [9.17, 15) is 24.6 Å². The van der Waals surface area contributed by atoms with Gasteiger partial charge in [0.2, 0.25) is 0 Å². The number of ketones is 2. The molecule has 1 aliphatic carbocycles. The first-order chi connectivity index (χ1) is 28.3. The van der Waals surface area contributed by atoms with Crippen molar-refractivity contribution in [2.75, 3.05) is 5.32 Å². The topological polar surface area (TPSA) is 153 Å². The van der Waals surface area contributed by atoms with Crippen molar-refractivity contribution in [1.82, 2.24) is 0 Å². The highest BCUT2D eigenvalue weighted by Crippen LogP contribution is 2.44. The molecule has 278 valence electrons. The lowest BCUT2D eigenvalue weighted by molar-refractivity contribution is 0.0987. The fourth-order valence-corrected chi connectivity index (χ4v) is 7.21. The number of Topliss-reactive ketones (excluding diaryl/α,β-unsaturated/α-hetero) is 1. The lowest BCUT2D eigenvalue weighted by atomic mass is 9.97. The first-order valence-electron chi connectivity index (χ1n) is 18.4. The van der Waals surface area contributed by atoms with E-state index in [0.717, 1.165) is 10.9 Å². The molecule has 1 aliphatic rings. The second-order valence-corrected chi connectivity index (χ2v) is 13.8. The highest BCUT2D eigenvalue weighted by Gasteiger charge is 2.28. The summed E-state index contributed by atoms with van der Waals surface area (Å²) in [4.78, 5) is 40.5. The molecule has 10 heteroatoms. The maximum atomic E-state index is 13.8. The standard InChI is InChI=1S/C48H31N5O5/c54-42(23-28-11-3-1-4-12-28)40-24-29-13-7-9-17-34(29)43(46(40)56)52-50-32-19-21-36-37-22-20-33(27-39(37)45(55)38(36)26-32)51-53-44-35-18-10-8-14-30(35)25-41(47(44)57)48(58)49-31-15-5-2-6-16-31/h1-22,24-27,56-57H,23H2,(H,49,58). The van der Waals surface area contributed by atoms with Gasteiger partial charge in [-0.05, 0) is 76.0 Å². The number of anilines is 1. The third kappa shape index (κ3) is 6.64. The summed E-state index contributed by atoms with van der Waals surface area (Å²) in [5.41, 5.74) is 4.86. The van der Waals surface area contributed by atoms with E-state index in [2.05, 4.69) is 25.8 Å². The Balaban J connectivity index is 0.997. The van der Waals surface area contributed by atoms with Crippen LogP contribution in [0.3, 0.4) is 0 Å². The minimum Gasteiger partial charge on any atom is -0.505 e. The number of carbonyl (C=O) groups excluding carboxylic acids is 3. The van der Waals surface area contributed by atoms with Gasteiger partial charge in [0.25, 0.3) is 5.91 Å². The van der Waals surface area contributed by atoms with Crippen LogP contribution >= 0.6 is 0 Å². The predicted octanol–water partition coefficient (Wildman–Crippen LogP) is 12.1. The van der Waals surface area contributed by atoms with Gasteiger partial charge in [0.05, 0.1) is 22.5 Å². The fraction of sp³-hybridized carbons (Fsp3) is 0.0208. The SMILES string of the molecule is O=C1c2cc(N=Nc3c(O)c(C(=O)Cc4ccccc4)cc4ccccc34)ccc2-c2ccc(N=Nc3c(O)c(C(=O)Nc4ccccc4)cc4ccccc34)cc21. The summed E-state index contributed by atoms with van der Waals surface area (Å²) in [5.74, 6) is -1.59. The predicted molar refractivity (Wildman–Crippen MR) is 224 cm³/mol. The molecule has 0 aliphatic heterocycles. The smallest absolute Gasteiger partial charge is 0.259 e. The van der Waals surface area contributed by atoms with Gasteiger partial charge in [-0.2, -0.15) is 10.2 Å². The van der Waals surface area contributed by atoms with Crippen molar-refractivity contribution >= 4 is 67.5 Å². The second-order valence-electron chi connectivity index (χ2n) is 13.8. The number of nitrogens with one attached hydrogen (secondary N) is 1. The number of amides is 1. The van der Waals surface area contributed by atoms with E-state index in [4.69, 9.17) is 0 Å². The summed E-state index contributed by atoms with van der Waals surface area (Å²) in [6, 6.07) is 46.4. The molecule has 0 bridgehead atoms. The summed E-state index contributed by atoms with van der Waals surface area (Å²) in [5, 5.41) is 45.8. The van der Waals surface area contributed by atoms with Crippen LogP contribution in [0, 0.1) is 0 Å². The Labute approximate surface area is 331 Å². The van der Waals surface area contributed by atoms with E-state index in [1.807, 2.05) is 66.7 Å². The third-order valence-corrected chi connectivity index (χ3v) is 10.1. The summed E-state index contributed by atoms with van der Waals surface area (Å²) in [6.07, 6.45) is 0.111. The van der Waals surface area contributed by atoms with Crippen molar-refractivity contribution in [3.8, 4) is 22.6 Å². The maximum Gasteiger partial charge on any atom is 0.259 e. The molecule has 0 saturated heterocycles. The lowest BCUT2D eigenvalue weighted by Crippen LogP contribution is -2.12. The van der Waals surface area contributed by atoms with Crippen molar-refractivity contribution in [2.45, 2.75) is 6.42 Å². The highest BCUT2D eigenvalue weighted by molar-refractivity contribution is 6.22. The number of phenolic OH excluding ortho intramolecular Hbond substituents is 2. The molecule has 0 saturated carbocycles. The quantitative estimate of drug-likeness (QED) is 0.0988. The van der Waals surface area contributed by atoms with E-state index >= 15 is 0 Å². The number of carbonyl (C=O) groups is 3. The van der Waals surface area contributed by atoms with Crippen molar-refractivity contribution < 1.29 is 24.6 Å². The number of rotatable bonds is 9. The summed E-state index contributed by atoms with van der Waals surface area (Å²) < 4.78 is 0. The Morgan fingerprint density at radius 3 is 1.55 bits per heavy atom. The number of phenols is 2. The minimum atomic E-state index is -0.502. The Morgan fingerprint density at radius 2 is 0.983 bits per heavy atom. The molecule has 3 N–H and O–H groups in total. The van der Waals surface area contributed by atoms with Crippen molar-refractivity contribution in [2.24, 2.45) is 20.5 Å². The fourth-order valence-electron chi connectivity index (χ4n) is 7.21. The summed E-state index contributed by atoms with van der Waals surface area (Å²) >= 11 is 0. The summed E-state index contributed by atoms with van der Waals surface area (Å²) in [6.45, 7) is 0. The molecule has 0 atom stereocenters. The van der Waals surface area contributed by atoms with Crippen LogP contribution in [0.5, 0.6) is 11.5 Å². The Kier molecular flexibility index (Phi) is 9.11. The molecular weight excluding hydrogens is 727 g/mol. The normalized spacial score (nSPS) is 12.0. The van der Waals surface area contributed by atoms with Gasteiger partial charge in [-0.1, -0.05) is 109 Å². The zero-order chi connectivity index (χ0) is 39.8. The van der Waals surface area contributed by atoms with Crippen LogP contribution in [-0.2, 0) is 6.42 Å². The van der Waals surface area contributed by atoms with Gasteiger partial charge in [-0.25, -0.2) is 0 Å². The minimum absolute atomic E-state index is 0.0386. The van der Waals surface area contributed by atoms with E-state index < -0.39 is 5.91 Å². The van der Waals surface area contributed by atoms with Crippen molar-refractivity contribution in [3.63, 3.8) is 0 Å². The molecule has 0 aromatic heterocycles. The van der Waals surface area contributed by atoms with Gasteiger partial charge in [0, 0.05) is 34.0 Å². The van der Waals surface area contributed by atoms with Crippen LogP contribution in [0.1, 0.15) is 42.2 Å². The van der Waals surface area contributed by atoms with E-state index in [1.165, 1.54) is 0 Å². The van der Waals surface area contributed by atoms with Gasteiger partial charge in [0.15, 0.2) is 23.1 Å². The van der Waals surface area contributed by atoms with Crippen LogP contribution in [0.2, 0.25) is 0 Å². The number of hydrogen-bond donors (Lipinski definition) is 3. The van der Waals surface area contributed by atoms with Gasteiger partial charge in [-0.3, -0.25) is 14.4 Å². The average molecular weight is 758 g/mol. The number of hydrogen-bond acceptors (Lipinski definition) is 9. The number of benzene rings is 8. The maximum absolute atomic E-state index is 13.8. The van der Waals surface area contributed by atoms with Crippen LogP contribution < -0.4 is 5.32 Å². The van der Waals surface area contributed by atoms with E-state index in [1.54, 1.807) is 91.0 Å². The van der Waals surface area contributed by atoms with Crippen LogP contribution in [0.25, 0.3) is 32.7 Å². The molecule has 1 amide bonds. The molecule has 0 unspecified atom stereocenters. The molecule has 0 heterocycles. The lowest BCUT2D eigenvalue weighted by Gasteiger charge is -2.11. The van der Waals surface area contributed by atoms with E-state index in [-0.39, 0.29) is 52.0 Å². The highest BCUT2D eigenvalue weighted by atomic mass is 16.3. The average Bonchev–Trinajstić information content (AvgIpc) is 3.53. The Morgan fingerprint density at radius 1 is 0.500 bits per heavy atom. The van der Waals surface area contributed by atoms with Crippen LogP contribution in [0.15, 0.2) is 178 Å². The molecular formula is C48H31N5O5. The molecule has 10 nitrogen and oxygen atoms in total. The molecule has 58 heavy (non-hydrogen) atoms. The number of fused-ring (bicyclic) bond motifs is 5. The molecule has 8 aromatic carbocycles. The number of nitrogens with zero attached hydrogens (tertiary/aromatic N) is 4. The van der Waals surface area contributed by atoms with Gasteiger partial charge >= 0.3 is 0 Å². The molecule has 0 fully saturated rings. The molecule has 8 aromatic rings. The van der Waals surface area contributed by atoms with Crippen molar-refractivity contribution in [1.29, 1.82) is 0 Å². The van der Waals surface area contributed by atoms with Crippen LogP contribution in [0.4, 0.5) is 28.4 Å². The monoisotopic (exact) mass is 757 g/mol. The second kappa shape index (κ2) is 14.9. The van der Waals surface area contributed by atoms with Crippen molar-refractivity contribution in [3.05, 3.63) is 186 Å². The van der Waals surface area contributed by atoms with E-state index in [0.29, 0.717) is 55.5 Å². The largest absolute Gasteiger partial charge is 0.505 e. The molecule has 9 rings (SSSR count). The first kappa shape index (κ1) is 35.6. The first-order valence-corrected chi connectivity index (χ1v) is 18.4. The number of aromatic hydroxyl groups is 2.